The van der Waals surface area contributed by atoms with Crippen LogP contribution < -0.4 is 113 Å². The second-order valence-electron chi connectivity index (χ2n) is 3.04. The zero-order valence-electron chi connectivity index (χ0n) is 9.75. The fourth-order valence-corrected chi connectivity index (χ4v) is 1.11. The molecule has 0 aliphatic carbocycles. The van der Waals surface area contributed by atoms with Crippen LogP contribution in [0.15, 0.2) is 0 Å². The van der Waals surface area contributed by atoms with Gasteiger partial charge in [0.25, 0.3) is 0 Å². The first-order valence-electron chi connectivity index (χ1n) is 4.51. The molecule has 0 unspecified atom stereocenters. The molecule has 4 nitrogen and oxygen atoms in total. The summed E-state index contributed by atoms with van der Waals surface area (Å²) in [6, 6.07) is 0. The Morgan fingerprint density at radius 3 is 1.80 bits per heavy atom. The summed E-state index contributed by atoms with van der Waals surface area (Å²) in [5, 5.41) is 20.5. The number of carbonyl (C=O) groups is 2. The topological polar surface area (TPSA) is 80.3 Å². The van der Waals surface area contributed by atoms with Crippen molar-refractivity contribution in [3.05, 3.63) is 0 Å². The first kappa shape index (κ1) is 22.4. The Kier molecular flexibility index (Phi) is 21.3. The molecule has 0 aromatic heterocycles. The number of carboxylic acid groups (broad SMARTS) is 2. The molecule has 0 aromatic rings. The third kappa shape index (κ3) is 12.5. The summed E-state index contributed by atoms with van der Waals surface area (Å²) >= 11 is 0. The second-order valence-corrected chi connectivity index (χ2v) is 3.04. The smallest absolute Gasteiger partial charge is 0.549 e. The number of hydrogen-bond donors (Lipinski definition) is 0. The van der Waals surface area contributed by atoms with Crippen molar-refractivity contribution in [3.63, 3.8) is 0 Å². The Bertz CT molecular complexity index is 171. The molecular weight excluding hydrogens is 250 g/mol. The SMILES string of the molecule is CCCCCCC(C(=O)[O-])C(=O)[O-].[K+].[K+]. The Morgan fingerprint density at radius 2 is 1.47 bits per heavy atom. The van der Waals surface area contributed by atoms with Crippen LogP contribution in [-0.2, 0) is 9.59 Å². The molecule has 0 heterocycles. The quantitative estimate of drug-likeness (QED) is 0.260. The fourth-order valence-electron chi connectivity index (χ4n) is 1.11. The van der Waals surface area contributed by atoms with E-state index in [9.17, 15) is 19.8 Å². The summed E-state index contributed by atoms with van der Waals surface area (Å²) in [5.74, 6) is -4.54. The normalized spacial score (nSPS) is 8.93. The van der Waals surface area contributed by atoms with Crippen LogP contribution in [0.4, 0.5) is 0 Å². The third-order valence-electron chi connectivity index (χ3n) is 1.92. The zero-order chi connectivity index (χ0) is 10.3. The second kappa shape index (κ2) is 14.3. The number of unbranched alkanes of at least 4 members (excludes halogenated alkanes) is 3. The molecule has 6 heteroatoms. The van der Waals surface area contributed by atoms with Crippen molar-refractivity contribution >= 4 is 11.9 Å². The molecule has 0 aromatic carbocycles. The fraction of sp³-hybridized carbons (Fsp3) is 0.778. The minimum absolute atomic E-state index is 0. The molecule has 0 saturated heterocycles. The molecule has 0 fully saturated rings. The number of carbonyl (C=O) groups excluding carboxylic acids is 2. The van der Waals surface area contributed by atoms with Gasteiger partial charge in [-0.15, -0.1) is 0 Å². The van der Waals surface area contributed by atoms with Crippen molar-refractivity contribution in [2.24, 2.45) is 5.92 Å². The maximum Gasteiger partial charge on any atom is 1.00 e. The predicted molar refractivity (Wildman–Crippen MR) is 42.3 cm³/mol. The molecule has 0 radical (unpaired) electrons. The van der Waals surface area contributed by atoms with Gasteiger partial charge in [0, 0.05) is 5.92 Å². The molecule has 0 aliphatic heterocycles. The van der Waals surface area contributed by atoms with Gasteiger partial charge in [-0.3, -0.25) is 0 Å². The van der Waals surface area contributed by atoms with Gasteiger partial charge in [-0.1, -0.05) is 32.6 Å². The van der Waals surface area contributed by atoms with E-state index in [2.05, 4.69) is 0 Å². The largest absolute Gasteiger partial charge is 1.00 e. The average Bonchev–Trinajstić information content (AvgIpc) is 2.02. The molecule has 0 N–H and O–H groups in total. The van der Waals surface area contributed by atoms with Crippen LogP contribution in [0.5, 0.6) is 0 Å². The van der Waals surface area contributed by atoms with Gasteiger partial charge in [0.15, 0.2) is 0 Å². The van der Waals surface area contributed by atoms with E-state index in [-0.39, 0.29) is 109 Å². The van der Waals surface area contributed by atoms with Crippen molar-refractivity contribution in [2.45, 2.75) is 39.0 Å². The van der Waals surface area contributed by atoms with Crippen LogP contribution in [-0.4, -0.2) is 11.9 Å². The minimum Gasteiger partial charge on any atom is -0.549 e. The van der Waals surface area contributed by atoms with E-state index in [4.69, 9.17) is 0 Å². The average molecular weight is 264 g/mol. The number of carboxylic acids is 2. The van der Waals surface area contributed by atoms with Gasteiger partial charge in [0.2, 0.25) is 0 Å². The summed E-state index contributed by atoms with van der Waals surface area (Å²) in [4.78, 5) is 20.5. The molecule has 0 atom stereocenters. The minimum atomic E-state index is -1.54. The van der Waals surface area contributed by atoms with E-state index in [0.717, 1.165) is 19.3 Å². The molecule has 0 saturated carbocycles. The van der Waals surface area contributed by atoms with E-state index in [1.807, 2.05) is 6.92 Å². The first-order chi connectivity index (χ1) is 6.09. The Balaban J connectivity index is -0.000000720. The number of aliphatic carboxylic acids is 2. The van der Waals surface area contributed by atoms with Crippen LogP contribution in [0.2, 0.25) is 0 Å². The van der Waals surface area contributed by atoms with E-state index in [0.29, 0.717) is 6.42 Å². The van der Waals surface area contributed by atoms with E-state index in [1.165, 1.54) is 0 Å². The maximum absolute atomic E-state index is 10.3. The summed E-state index contributed by atoms with van der Waals surface area (Å²) in [6.07, 6.45) is 3.59. The van der Waals surface area contributed by atoms with Gasteiger partial charge in [0.1, 0.15) is 0 Å². The van der Waals surface area contributed by atoms with Gasteiger partial charge < -0.3 is 19.8 Å². The Hall–Kier alpha value is 2.21. The van der Waals surface area contributed by atoms with Crippen LogP contribution in [0.25, 0.3) is 0 Å². The Labute approximate surface area is 175 Å². The summed E-state index contributed by atoms with van der Waals surface area (Å²) < 4.78 is 0. The van der Waals surface area contributed by atoms with Gasteiger partial charge in [0.05, 0.1) is 11.9 Å². The van der Waals surface area contributed by atoms with Gasteiger partial charge in [-0.2, -0.15) is 0 Å². The van der Waals surface area contributed by atoms with Crippen LogP contribution >= 0.6 is 0 Å². The summed E-state index contributed by atoms with van der Waals surface area (Å²) in [5.41, 5.74) is 0. The first-order valence-corrected chi connectivity index (χ1v) is 4.51. The van der Waals surface area contributed by atoms with Crippen molar-refractivity contribution in [1.82, 2.24) is 0 Å². The molecular formula is C9H14K2O4. The predicted octanol–water partition coefficient (Wildman–Crippen LogP) is -6.92. The summed E-state index contributed by atoms with van der Waals surface area (Å²) in [6.45, 7) is 2.02. The van der Waals surface area contributed by atoms with Crippen molar-refractivity contribution in [2.75, 3.05) is 0 Å². The molecule has 0 rings (SSSR count). The molecule has 0 spiro atoms. The Morgan fingerprint density at radius 1 is 1.00 bits per heavy atom. The van der Waals surface area contributed by atoms with Crippen molar-refractivity contribution in [3.8, 4) is 0 Å². The van der Waals surface area contributed by atoms with E-state index in [1.54, 1.807) is 0 Å². The van der Waals surface area contributed by atoms with Crippen LogP contribution in [0, 0.1) is 5.92 Å². The van der Waals surface area contributed by atoms with Gasteiger partial charge >= 0.3 is 103 Å². The maximum atomic E-state index is 10.3. The molecule has 0 bridgehead atoms. The summed E-state index contributed by atoms with van der Waals surface area (Å²) in [7, 11) is 0. The molecule has 0 amide bonds. The van der Waals surface area contributed by atoms with Gasteiger partial charge in [-0.05, 0) is 6.42 Å². The van der Waals surface area contributed by atoms with Crippen molar-refractivity contribution < 1.29 is 123 Å². The number of rotatable bonds is 7. The zero-order valence-corrected chi connectivity index (χ0v) is 16.0. The standard InChI is InChI=1S/C9H16O4.2K/c1-2-3-4-5-6-7(8(10)11)9(12)13;;/h7H,2-6H2,1H3,(H,10,11)(H,12,13);;/q;2*+1/p-2. The molecule has 76 valence electrons. The molecule has 0 aliphatic rings. The van der Waals surface area contributed by atoms with Crippen LogP contribution in [0.3, 0.4) is 0 Å². The third-order valence-corrected chi connectivity index (χ3v) is 1.92. The number of hydrogen-bond acceptors (Lipinski definition) is 4. The van der Waals surface area contributed by atoms with E-state index >= 15 is 0 Å². The van der Waals surface area contributed by atoms with Crippen LogP contribution in [0.1, 0.15) is 39.0 Å². The van der Waals surface area contributed by atoms with Gasteiger partial charge in [-0.25, -0.2) is 0 Å². The van der Waals surface area contributed by atoms with Crippen molar-refractivity contribution in [1.29, 1.82) is 0 Å². The van der Waals surface area contributed by atoms with E-state index < -0.39 is 17.9 Å². The molecule has 15 heavy (non-hydrogen) atoms. The monoisotopic (exact) mass is 264 g/mol.